The maximum Gasteiger partial charge on any atom is 0.261 e. The van der Waals surface area contributed by atoms with E-state index in [1.807, 2.05) is 0 Å². The summed E-state index contributed by atoms with van der Waals surface area (Å²) in [5.74, 6) is -1.75. The van der Waals surface area contributed by atoms with Crippen LogP contribution >= 0.6 is 11.6 Å². The van der Waals surface area contributed by atoms with Gasteiger partial charge >= 0.3 is 0 Å². The van der Waals surface area contributed by atoms with Crippen molar-refractivity contribution in [3.8, 4) is 17.9 Å². The third kappa shape index (κ3) is 3.22. The number of rotatable bonds is 3. The summed E-state index contributed by atoms with van der Waals surface area (Å²) in [6.45, 7) is 1.54. The van der Waals surface area contributed by atoms with Crippen LogP contribution in [-0.2, 0) is 0 Å². The van der Waals surface area contributed by atoms with Crippen LogP contribution in [0, 0.1) is 22.7 Å². The minimum absolute atomic E-state index is 0.0881. The lowest BCUT2D eigenvalue weighted by molar-refractivity contribution is 0.0665. The Hall–Kier alpha value is -4.07. The summed E-state index contributed by atoms with van der Waals surface area (Å²) < 4.78 is 0. The molecule has 0 fully saturated rings. The summed E-state index contributed by atoms with van der Waals surface area (Å²) in [4.78, 5) is 26.6. The van der Waals surface area contributed by atoms with Crippen molar-refractivity contribution in [1.29, 1.82) is 10.5 Å². The van der Waals surface area contributed by atoms with Crippen LogP contribution in [0.1, 0.15) is 39.1 Å². The van der Waals surface area contributed by atoms with Crippen LogP contribution < -0.4 is 5.32 Å². The molecule has 2 N–H and O–H groups in total. The maximum absolute atomic E-state index is 12.8. The van der Waals surface area contributed by atoms with Crippen molar-refractivity contribution in [3.05, 3.63) is 86.7 Å². The van der Waals surface area contributed by atoms with Crippen molar-refractivity contribution in [2.75, 3.05) is 6.54 Å². The van der Waals surface area contributed by atoms with E-state index in [9.17, 15) is 25.2 Å². The van der Waals surface area contributed by atoms with Gasteiger partial charge in [-0.1, -0.05) is 29.8 Å². The number of amides is 2. The Balaban J connectivity index is 1.79. The Morgan fingerprint density at radius 3 is 2.23 bits per heavy atom. The highest BCUT2D eigenvalue weighted by molar-refractivity contribution is 6.32. The molecule has 0 spiro atoms. The second kappa shape index (κ2) is 7.64. The average Bonchev–Trinajstić information content (AvgIpc) is 3.00. The Morgan fingerprint density at radius 2 is 1.68 bits per heavy atom. The monoisotopic (exact) mass is 430 g/mol. The number of halogens is 1. The van der Waals surface area contributed by atoms with E-state index in [0.29, 0.717) is 33.7 Å². The number of phenolic OH excluding ortho intramolecular Hbond substituents is 1. The van der Waals surface area contributed by atoms with Crippen LogP contribution in [0.25, 0.3) is 0 Å². The lowest BCUT2D eigenvalue weighted by atomic mass is 9.81. The van der Waals surface area contributed by atoms with E-state index in [1.165, 1.54) is 12.1 Å². The van der Waals surface area contributed by atoms with Crippen LogP contribution in [0.3, 0.4) is 0 Å². The number of aromatic hydroxyl groups is 1. The predicted molar refractivity (Wildman–Crippen MR) is 112 cm³/mol. The number of hydrogen-bond acceptors (Lipinski definition) is 6. The van der Waals surface area contributed by atoms with Gasteiger partial charge in [-0.25, -0.2) is 0 Å². The topological polar surface area (TPSA) is 117 Å². The van der Waals surface area contributed by atoms with Crippen LogP contribution in [0.4, 0.5) is 0 Å². The molecule has 2 aromatic rings. The first-order valence-electron chi connectivity index (χ1n) is 9.32. The van der Waals surface area contributed by atoms with Crippen LogP contribution in [0.5, 0.6) is 5.75 Å². The SMILES string of the molecule is CC1=C(C#N)C(c2ccc(O)c(Cl)c2)C(C#N)=C(CN2C(=O)c3ccccc3C2=O)N1. The molecule has 0 saturated heterocycles. The second-order valence-corrected chi connectivity index (χ2v) is 7.57. The molecule has 0 saturated carbocycles. The zero-order valence-electron chi connectivity index (χ0n) is 16.3. The molecule has 1 atom stereocenters. The number of allylic oxidation sites excluding steroid dienone is 3. The molecule has 0 bridgehead atoms. The van der Waals surface area contributed by atoms with Crippen molar-refractivity contribution in [3.63, 3.8) is 0 Å². The van der Waals surface area contributed by atoms with E-state index in [1.54, 1.807) is 37.3 Å². The van der Waals surface area contributed by atoms with Gasteiger partial charge in [-0.05, 0) is 36.8 Å². The van der Waals surface area contributed by atoms with Crippen LogP contribution in [-0.4, -0.2) is 28.4 Å². The molecule has 0 aromatic heterocycles. The smallest absolute Gasteiger partial charge is 0.261 e. The van der Waals surface area contributed by atoms with E-state index in [-0.39, 0.29) is 22.9 Å². The van der Waals surface area contributed by atoms with Crippen LogP contribution in [0.15, 0.2) is 65.0 Å². The first-order valence-corrected chi connectivity index (χ1v) is 9.69. The second-order valence-electron chi connectivity index (χ2n) is 7.17. The number of hydrogen-bond donors (Lipinski definition) is 2. The molecule has 0 radical (unpaired) electrons. The maximum atomic E-state index is 12.8. The van der Waals surface area contributed by atoms with Crippen molar-refractivity contribution in [2.24, 2.45) is 0 Å². The number of imide groups is 1. The van der Waals surface area contributed by atoms with Crippen molar-refractivity contribution < 1.29 is 14.7 Å². The molecule has 2 aliphatic heterocycles. The van der Waals surface area contributed by atoms with E-state index >= 15 is 0 Å². The Morgan fingerprint density at radius 1 is 1.06 bits per heavy atom. The molecular weight excluding hydrogens is 416 g/mol. The molecule has 8 heteroatoms. The van der Waals surface area contributed by atoms with Gasteiger partial charge in [0, 0.05) is 5.70 Å². The standard InChI is InChI=1S/C23H15ClN4O3/c1-12-16(9-25)21(13-6-7-20(29)18(24)8-13)17(10-26)19(27-12)11-28-22(30)14-4-2-3-5-15(14)23(28)31/h2-8,21,27,29H,11H2,1H3. The lowest BCUT2D eigenvalue weighted by Crippen LogP contribution is -2.37. The molecule has 2 heterocycles. The molecule has 31 heavy (non-hydrogen) atoms. The fraction of sp³-hybridized carbons (Fsp3) is 0.130. The molecule has 1 unspecified atom stereocenters. The first kappa shape index (κ1) is 20.2. The minimum Gasteiger partial charge on any atom is -0.506 e. The summed E-state index contributed by atoms with van der Waals surface area (Å²) in [6.07, 6.45) is 0. The van der Waals surface area contributed by atoms with Gasteiger partial charge in [-0.2, -0.15) is 10.5 Å². The molecule has 2 amide bonds. The predicted octanol–water partition coefficient (Wildman–Crippen LogP) is 3.60. The van der Waals surface area contributed by atoms with Gasteiger partial charge in [0.15, 0.2) is 0 Å². The molecule has 0 aliphatic carbocycles. The normalized spacial score (nSPS) is 17.9. The number of fused-ring (bicyclic) bond motifs is 1. The van der Waals surface area contributed by atoms with Gasteiger partial charge < -0.3 is 10.4 Å². The number of nitrogens with one attached hydrogen (secondary N) is 1. The Bertz CT molecular complexity index is 1260. The molecule has 152 valence electrons. The zero-order chi connectivity index (χ0) is 22.3. The fourth-order valence-electron chi connectivity index (χ4n) is 3.88. The summed E-state index contributed by atoms with van der Waals surface area (Å²) in [5.41, 5.74) is 2.52. The highest BCUT2D eigenvalue weighted by atomic mass is 35.5. The number of benzene rings is 2. The molecule has 2 aromatic carbocycles. The number of dihydropyridines is 1. The summed E-state index contributed by atoms with van der Waals surface area (Å²) >= 11 is 6.05. The van der Waals surface area contributed by atoms with Gasteiger partial charge in [0.2, 0.25) is 0 Å². The Labute approximate surface area is 183 Å². The quantitative estimate of drug-likeness (QED) is 0.718. The number of carbonyl (C=O) groups excluding carboxylic acids is 2. The summed E-state index contributed by atoms with van der Waals surface area (Å²) in [7, 11) is 0. The number of nitriles is 2. The average molecular weight is 431 g/mol. The minimum atomic E-state index is -0.750. The molecule has 7 nitrogen and oxygen atoms in total. The Kier molecular flexibility index (Phi) is 4.98. The fourth-order valence-corrected chi connectivity index (χ4v) is 4.07. The highest BCUT2D eigenvalue weighted by Crippen LogP contribution is 2.40. The number of carbonyl (C=O) groups is 2. The highest BCUT2D eigenvalue weighted by Gasteiger charge is 2.38. The van der Waals surface area contributed by atoms with E-state index in [2.05, 4.69) is 17.5 Å². The molecular formula is C23H15ClN4O3. The van der Waals surface area contributed by atoms with Crippen molar-refractivity contribution in [1.82, 2.24) is 10.2 Å². The van der Waals surface area contributed by atoms with Gasteiger partial charge in [-0.3, -0.25) is 14.5 Å². The summed E-state index contributed by atoms with van der Waals surface area (Å²) in [5, 5.41) is 32.5. The lowest BCUT2D eigenvalue weighted by Gasteiger charge is -2.29. The van der Waals surface area contributed by atoms with Crippen LogP contribution in [0.2, 0.25) is 5.02 Å². The van der Waals surface area contributed by atoms with Gasteiger partial charge in [-0.15, -0.1) is 0 Å². The zero-order valence-corrected chi connectivity index (χ0v) is 17.1. The third-order valence-electron chi connectivity index (χ3n) is 5.39. The van der Waals surface area contributed by atoms with Crippen molar-refractivity contribution in [2.45, 2.75) is 12.8 Å². The molecule has 2 aliphatic rings. The largest absolute Gasteiger partial charge is 0.506 e. The van der Waals surface area contributed by atoms with Gasteiger partial charge in [0.25, 0.3) is 11.8 Å². The number of phenols is 1. The molecule has 4 rings (SSSR count). The van der Waals surface area contributed by atoms with Gasteiger partial charge in [0.1, 0.15) is 5.75 Å². The number of nitrogens with zero attached hydrogens (tertiary/aromatic N) is 3. The third-order valence-corrected chi connectivity index (χ3v) is 5.69. The van der Waals surface area contributed by atoms with Gasteiger partial charge in [0.05, 0.1) is 57.6 Å². The van der Waals surface area contributed by atoms with E-state index in [4.69, 9.17) is 11.6 Å². The van der Waals surface area contributed by atoms with E-state index < -0.39 is 17.7 Å². The van der Waals surface area contributed by atoms with Crippen molar-refractivity contribution >= 4 is 23.4 Å². The summed E-state index contributed by atoms with van der Waals surface area (Å²) in [6, 6.07) is 15.3. The van der Waals surface area contributed by atoms with E-state index in [0.717, 1.165) is 4.90 Å². The first-order chi connectivity index (χ1) is 14.9.